The molecule has 10 aromatic rings. The van der Waals surface area contributed by atoms with Crippen LogP contribution in [-0.2, 0) is 0 Å². The standard InChI is InChI=1S/C48H30/c1-5-18-37-31(12-1)24-26-43-45(37)29-34-14-3-7-21-40(34)47(43)36-17-11-16-33(28-36)39-20-9-10-23-42(39)48-41-22-8-4-15-35(41)30-46-38-19-6-2-13-32(38)25-27-44(46)48/h1-30H/i1D,2D,3D,4D,5D,6D,7D,8D,12D,13D,14D,15D,18D,19D,21D,22D,24D,25D,26D,27D,29D,30D. The fourth-order valence-electron chi connectivity index (χ4n) is 6.48. The van der Waals surface area contributed by atoms with Gasteiger partial charge in [-0.1, -0.05) is 163 Å². The van der Waals surface area contributed by atoms with Gasteiger partial charge in [0, 0.05) is 0 Å². The minimum atomic E-state index is -0.700. The van der Waals surface area contributed by atoms with Crippen LogP contribution in [0.15, 0.2) is 181 Å². The summed E-state index contributed by atoms with van der Waals surface area (Å²) in [6, 6.07) is -1.45. The Kier molecular flexibility index (Phi) is 2.91. The largest absolute Gasteiger partial charge is 0.0636 e. The van der Waals surface area contributed by atoms with E-state index in [1.807, 2.05) is 0 Å². The molecule has 0 saturated heterocycles. The van der Waals surface area contributed by atoms with Crippen molar-refractivity contribution in [3.05, 3.63) is 181 Å². The first kappa shape index (κ1) is 13.1. The van der Waals surface area contributed by atoms with Crippen molar-refractivity contribution in [2.45, 2.75) is 0 Å². The first-order chi connectivity index (χ1) is 33.0. The van der Waals surface area contributed by atoms with Crippen LogP contribution in [0.25, 0.3) is 98.0 Å². The Balaban J connectivity index is 1.40. The van der Waals surface area contributed by atoms with Crippen LogP contribution in [0, 0.1) is 0 Å². The first-order valence-electron chi connectivity index (χ1n) is 25.9. The van der Waals surface area contributed by atoms with Gasteiger partial charge in [0.25, 0.3) is 0 Å². The Bertz CT molecular complexity index is 4140. The molecule has 222 valence electrons. The van der Waals surface area contributed by atoms with Gasteiger partial charge in [0.15, 0.2) is 0 Å². The van der Waals surface area contributed by atoms with Crippen LogP contribution in [0.4, 0.5) is 0 Å². The third-order valence-corrected chi connectivity index (χ3v) is 8.53. The molecule has 0 saturated carbocycles. The minimum absolute atomic E-state index is 0.0710. The summed E-state index contributed by atoms with van der Waals surface area (Å²) in [5, 5.41) is -3.40. The lowest BCUT2D eigenvalue weighted by Gasteiger charge is -2.18. The van der Waals surface area contributed by atoms with Gasteiger partial charge in [0.05, 0.1) is 30.2 Å². The minimum Gasteiger partial charge on any atom is -0.0616 e. The van der Waals surface area contributed by atoms with Crippen LogP contribution in [0.5, 0.6) is 0 Å². The van der Waals surface area contributed by atoms with E-state index in [2.05, 4.69) is 0 Å². The van der Waals surface area contributed by atoms with Crippen LogP contribution in [0.2, 0.25) is 0 Å². The number of rotatable bonds is 3. The summed E-state index contributed by atoms with van der Waals surface area (Å²) in [6.07, 6.45) is 0. The van der Waals surface area contributed by atoms with E-state index in [4.69, 9.17) is 20.6 Å². The van der Waals surface area contributed by atoms with E-state index in [1.165, 1.54) is 0 Å². The van der Waals surface area contributed by atoms with E-state index in [9.17, 15) is 9.60 Å². The Labute approximate surface area is 310 Å². The number of hydrogen-bond donors (Lipinski definition) is 0. The highest BCUT2D eigenvalue weighted by Gasteiger charge is 2.17. The van der Waals surface area contributed by atoms with Gasteiger partial charge in [-0.25, -0.2) is 0 Å². The molecule has 0 aliphatic rings. The molecule has 0 heteroatoms. The molecular weight excluding hydrogens is 577 g/mol. The number of benzene rings is 10. The summed E-state index contributed by atoms with van der Waals surface area (Å²) < 4.78 is 197. The molecule has 0 heterocycles. The lowest BCUT2D eigenvalue weighted by molar-refractivity contribution is 1.60. The zero-order valence-electron chi connectivity index (χ0n) is 46.6. The lowest BCUT2D eigenvalue weighted by Crippen LogP contribution is -1.91. The van der Waals surface area contributed by atoms with Crippen molar-refractivity contribution in [2.75, 3.05) is 0 Å². The van der Waals surface area contributed by atoms with E-state index in [0.29, 0.717) is 5.56 Å². The quantitative estimate of drug-likeness (QED) is 0.135. The molecule has 0 N–H and O–H groups in total. The Hall–Kier alpha value is -6.24. The highest BCUT2D eigenvalue weighted by molar-refractivity contribution is 6.22. The first-order valence-corrected chi connectivity index (χ1v) is 14.9. The molecule has 0 bridgehead atoms. The van der Waals surface area contributed by atoms with Crippen molar-refractivity contribution >= 4 is 64.6 Å². The van der Waals surface area contributed by atoms with Crippen molar-refractivity contribution < 1.29 is 30.2 Å². The maximum absolute atomic E-state index is 9.53. The predicted molar refractivity (Wildman–Crippen MR) is 208 cm³/mol. The summed E-state index contributed by atoms with van der Waals surface area (Å²) in [6.45, 7) is 0. The lowest BCUT2D eigenvalue weighted by atomic mass is 9.85. The molecule has 48 heavy (non-hydrogen) atoms. The van der Waals surface area contributed by atoms with Crippen LogP contribution >= 0.6 is 0 Å². The SMILES string of the molecule is [2H]c1c([2H])c([2H])c2c([2H])c3c(c([2H])c([2H])c4c([2H])c([2H])c([2H])c([2H])c43)c(-c3cccc(-c4ccccc4-c4c5c([2H])c([2H])c([2H])c([2H])c5c([2H])c5c4c([2H])c([2H])c4c([2H])c([2H])c([2H])c([2H])c45)c3)c2c1[2H]. The normalized spacial score (nSPS) is 18.2. The average molecular weight is 629 g/mol. The molecule has 0 radical (unpaired) electrons. The van der Waals surface area contributed by atoms with Crippen molar-refractivity contribution in [3.63, 3.8) is 0 Å². The third-order valence-electron chi connectivity index (χ3n) is 8.53. The van der Waals surface area contributed by atoms with Gasteiger partial charge in [-0.2, -0.15) is 0 Å². The maximum atomic E-state index is 9.53. The van der Waals surface area contributed by atoms with E-state index < -0.39 is 133 Å². The second kappa shape index (κ2) is 10.7. The van der Waals surface area contributed by atoms with Crippen molar-refractivity contribution in [3.8, 4) is 33.4 Å². The molecule has 0 spiro atoms. The molecule has 10 rings (SSSR count). The van der Waals surface area contributed by atoms with Crippen LogP contribution in [-0.4, -0.2) is 0 Å². The molecule has 0 aliphatic heterocycles. The average Bonchev–Trinajstić information content (AvgIpc) is 3.35. The summed E-state index contributed by atoms with van der Waals surface area (Å²) in [5.41, 5.74) is 0.771. The molecule has 0 unspecified atom stereocenters. The number of fused-ring (bicyclic) bond motifs is 8. The zero-order chi connectivity index (χ0) is 50.8. The van der Waals surface area contributed by atoms with Crippen LogP contribution in [0.1, 0.15) is 30.2 Å². The molecular formula is C48H30. The Morgan fingerprint density at radius 2 is 0.792 bits per heavy atom. The molecule has 0 aromatic heterocycles. The zero-order valence-corrected chi connectivity index (χ0v) is 24.6. The van der Waals surface area contributed by atoms with E-state index in [-0.39, 0.29) is 92.5 Å². The summed E-state index contributed by atoms with van der Waals surface area (Å²) >= 11 is 0. The van der Waals surface area contributed by atoms with Crippen LogP contribution in [0.3, 0.4) is 0 Å². The van der Waals surface area contributed by atoms with Crippen molar-refractivity contribution in [1.29, 1.82) is 0 Å². The molecule has 0 fully saturated rings. The van der Waals surface area contributed by atoms with E-state index in [0.717, 1.165) is 0 Å². The molecule has 0 atom stereocenters. The topological polar surface area (TPSA) is 0 Å². The third kappa shape index (κ3) is 4.10. The van der Waals surface area contributed by atoms with Gasteiger partial charge in [-0.15, -0.1) is 0 Å². The van der Waals surface area contributed by atoms with Gasteiger partial charge in [0.2, 0.25) is 0 Å². The second-order valence-corrected chi connectivity index (χ2v) is 11.1. The molecule has 0 nitrogen and oxygen atoms in total. The van der Waals surface area contributed by atoms with Gasteiger partial charge in [-0.05, 0) is 116 Å². The van der Waals surface area contributed by atoms with Gasteiger partial charge in [-0.3, -0.25) is 0 Å². The van der Waals surface area contributed by atoms with Crippen molar-refractivity contribution in [2.24, 2.45) is 0 Å². The summed E-state index contributed by atoms with van der Waals surface area (Å²) in [4.78, 5) is 0. The fourth-order valence-corrected chi connectivity index (χ4v) is 6.48. The van der Waals surface area contributed by atoms with Crippen LogP contribution < -0.4 is 0 Å². The van der Waals surface area contributed by atoms with Crippen molar-refractivity contribution in [1.82, 2.24) is 0 Å². The fraction of sp³-hybridized carbons (Fsp3) is 0. The second-order valence-electron chi connectivity index (χ2n) is 11.1. The molecule has 0 aliphatic carbocycles. The Morgan fingerprint density at radius 1 is 0.312 bits per heavy atom. The number of hydrogen-bond acceptors (Lipinski definition) is 0. The summed E-state index contributed by atoms with van der Waals surface area (Å²) in [7, 11) is 0. The Morgan fingerprint density at radius 3 is 1.42 bits per heavy atom. The summed E-state index contributed by atoms with van der Waals surface area (Å²) in [5.74, 6) is 0. The van der Waals surface area contributed by atoms with E-state index >= 15 is 0 Å². The van der Waals surface area contributed by atoms with Gasteiger partial charge >= 0.3 is 0 Å². The molecule has 0 amide bonds. The van der Waals surface area contributed by atoms with Gasteiger partial charge < -0.3 is 0 Å². The predicted octanol–water partition coefficient (Wildman–Crippen LogP) is 13.6. The maximum Gasteiger partial charge on any atom is 0.0636 e. The monoisotopic (exact) mass is 628 g/mol. The van der Waals surface area contributed by atoms with Gasteiger partial charge in [0.1, 0.15) is 0 Å². The highest BCUT2D eigenvalue weighted by atomic mass is 14.2. The van der Waals surface area contributed by atoms with E-state index in [1.54, 1.807) is 48.5 Å². The smallest absolute Gasteiger partial charge is 0.0616 e. The molecule has 10 aromatic carbocycles. The highest BCUT2D eigenvalue weighted by Crippen LogP contribution is 2.45.